The average molecular weight is 356 g/mol. The summed E-state index contributed by atoms with van der Waals surface area (Å²) in [6.45, 7) is 1.77. The van der Waals surface area contributed by atoms with Crippen molar-refractivity contribution >= 4 is 10.8 Å². The number of rotatable bonds is 4. The van der Waals surface area contributed by atoms with Gasteiger partial charge in [0.15, 0.2) is 0 Å². The highest BCUT2D eigenvalue weighted by atomic mass is 16.4. The van der Waals surface area contributed by atoms with Crippen LogP contribution in [0, 0.1) is 18.3 Å². The van der Waals surface area contributed by atoms with Crippen molar-refractivity contribution in [3.05, 3.63) is 81.8 Å². The van der Waals surface area contributed by atoms with Gasteiger partial charge in [0.25, 0.3) is 5.56 Å². The van der Waals surface area contributed by atoms with Crippen molar-refractivity contribution in [3.63, 3.8) is 0 Å². The van der Waals surface area contributed by atoms with Gasteiger partial charge in [-0.2, -0.15) is 5.26 Å². The van der Waals surface area contributed by atoms with Crippen LogP contribution < -0.4 is 5.56 Å². The second-order valence-corrected chi connectivity index (χ2v) is 6.30. The van der Waals surface area contributed by atoms with Gasteiger partial charge in [-0.1, -0.05) is 30.3 Å². The van der Waals surface area contributed by atoms with Gasteiger partial charge in [0.2, 0.25) is 11.8 Å². The van der Waals surface area contributed by atoms with E-state index in [0.29, 0.717) is 40.2 Å². The third-order valence-corrected chi connectivity index (χ3v) is 4.47. The van der Waals surface area contributed by atoms with Crippen LogP contribution >= 0.6 is 0 Å². The van der Waals surface area contributed by atoms with Gasteiger partial charge in [-0.05, 0) is 35.7 Å². The molecule has 27 heavy (non-hydrogen) atoms. The number of H-pyrrole nitrogens is 1. The molecule has 0 atom stereocenters. The number of nitrogens with one attached hydrogen (secondary N) is 1. The molecule has 132 valence electrons. The summed E-state index contributed by atoms with van der Waals surface area (Å²) in [6, 6.07) is 17.1. The highest BCUT2D eigenvalue weighted by Gasteiger charge is 2.08. The van der Waals surface area contributed by atoms with Gasteiger partial charge >= 0.3 is 0 Å². The number of hydrogen-bond donors (Lipinski definition) is 1. The van der Waals surface area contributed by atoms with Crippen LogP contribution in [-0.4, -0.2) is 15.2 Å². The van der Waals surface area contributed by atoms with E-state index < -0.39 is 0 Å². The monoisotopic (exact) mass is 356 g/mol. The van der Waals surface area contributed by atoms with Gasteiger partial charge < -0.3 is 9.40 Å². The third-order valence-electron chi connectivity index (χ3n) is 4.47. The predicted octanol–water partition coefficient (Wildman–Crippen LogP) is 3.54. The lowest BCUT2D eigenvalue weighted by Gasteiger charge is -2.06. The number of fused-ring (bicyclic) bond motifs is 1. The second-order valence-electron chi connectivity index (χ2n) is 6.30. The van der Waals surface area contributed by atoms with Gasteiger partial charge in [0.05, 0.1) is 11.6 Å². The minimum absolute atomic E-state index is 0.199. The molecule has 0 aliphatic heterocycles. The molecule has 0 bridgehead atoms. The maximum absolute atomic E-state index is 12.4. The fraction of sp³-hybridized carbons (Fsp3) is 0.143. The molecular formula is C21H16N4O2. The Balaban J connectivity index is 1.62. The molecular weight excluding hydrogens is 340 g/mol. The molecule has 4 aromatic rings. The first-order valence-corrected chi connectivity index (χ1v) is 8.58. The van der Waals surface area contributed by atoms with Gasteiger partial charge in [0.1, 0.15) is 0 Å². The largest absolute Gasteiger partial charge is 0.426 e. The minimum atomic E-state index is -0.199. The molecule has 2 aromatic heterocycles. The maximum atomic E-state index is 12.4. The molecule has 0 aliphatic rings. The first kappa shape index (κ1) is 16.7. The number of aromatic amines is 1. The molecule has 0 fully saturated rings. The van der Waals surface area contributed by atoms with Crippen molar-refractivity contribution < 1.29 is 4.42 Å². The summed E-state index contributed by atoms with van der Waals surface area (Å²) in [6.07, 6.45) is 1.47. The van der Waals surface area contributed by atoms with Crippen LogP contribution in [-0.2, 0) is 12.8 Å². The predicted molar refractivity (Wildman–Crippen MR) is 101 cm³/mol. The topological polar surface area (TPSA) is 95.6 Å². The summed E-state index contributed by atoms with van der Waals surface area (Å²) in [7, 11) is 0. The van der Waals surface area contributed by atoms with E-state index >= 15 is 0 Å². The van der Waals surface area contributed by atoms with Crippen LogP contribution in [0.1, 0.15) is 22.9 Å². The number of aryl methyl sites for hydroxylation is 3. The Kier molecular flexibility index (Phi) is 4.27. The average Bonchev–Trinajstić information content (AvgIpc) is 3.11. The lowest BCUT2D eigenvalue weighted by atomic mass is 10.0. The van der Waals surface area contributed by atoms with Crippen LogP contribution in [0.5, 0.6) is 0 Å². The second kappa shape index (κ2) is 6.89. The van der Waals surface area contributed by atoms with Crippen LogP contribution in [0.2, 0.25) is 0 Å². The molecule has 0 unspecified atom stereocenters. The lowest BCUT2D eigenvalue weighted by Crippen LogP contribution is -2.07. The quantitative estimate of drug-likeness (QED) is 0.603. The van der Waals surface area contributed by atoms with E-state index in [1.807, 2.05) is 30.3 Å². The summed E-state index contributed by atoms with van der Waals surface area (Å²) in [4.78, 5) is 15.3. The molecule has 0 saturated carbocycles. The summed E-state index contributed by atoms with van der Waals surface area (Å²) in [5, 5.41) is 18.3. The fourth-order valence-corrected chi connectivity index (χ4v) is 3.08. The first-order chi connectivity index (χ1) is 13.1. The van der Waals surface area contributed by atoms with E-state index in [1.165, 1.54) is 0 Å². The SMILES string of the molecule is Cc1nnc(CCc2ccc(-c3cc4c(C#N)cccc4c(=O)[nH]3)cc2)o1. The lowest BCUT2D eigenvalue weighted by molar-refractivity contribution is 0.467. The van der Waals surface area contributed by atoms with E-state index in [9.17, 15) is 10.1 Å². The van der Waals surface area contributed by atoms with E-state index in [1.54, 1.807) is 25.1 Å². The van der Waals surface area contributed by atoms with E-state index in [0.717, 1.165) is 17.5 Å². The van der Waals surface area contributed by atoms with Crippen molar-refractivity contribution in [2.75, 3.05) is 0 Å². The number of benzene rings is 2. The maximum Gasteiger partial charge on any atom is 0.256 e. The molecule has 2 aromatic carbocycles. The molecule has 2 heterocycles. The Morgan fingerprint density at radius 3 is 2.59 bits per heavy atom. The van der Waals surface area contributed by atoms with Crippen LogP contribution in [0.4, 0.5) is 0 Å². The van der Waals surface area contributed by atoms with Crippen molar-refractivity contribution in [3.8, 4) is 17.3 Å². The number of pyridine rings is 1. The molecule has 4 rings (SSSR count). The summed E-state index contributed by atoms with van der Waals surface area (Å²) in [5.74, 6) is 1.19. The Morgan fingerprint density at radius 2 is 1.89 bits per heavy atom. The zero-order valence-corrected chi connectivity index (χ0v) is 14.7. The molecule has 0 spiro atoms. The normalized spacial score (nSPS) is 10.8. The number of aromatic nitrogens is 3. The number of nitriles is 1. The highest BCUT2D eigenvalue weighted by molar-refractivity contribution is 5.89. The van der Waals surface area contributed by atoms with E-state index in [-0.39, 0.29) is 5.56 Å². The van der Waals surface area contributed by atoms with Crippen LogP contribution in [0.15, 0.2) is 57.7 Å². The molecule has 1 N–H and O–H groups in total. The minimum Gasteiger partial charge on any atom is -0.426 e. The van der Waals surface area contributed by atoms with Gasteiger partial charge in [0, 0.05) is 29.8 Å². The Hall–Kier alpha value is -3.72. The standard InChI is InChI=1S/C21H16N4O2/c1-13-24-25-20(27-13)10-7-14-5-8-15(9-6-14)19-11-18-16(12-22)3-2-4-17(18)21(26)23-19/h2-6,8-9,11H,7,10H2,1H3,(H,23,26). The van der Waals surface area contributed by atoms with Gasteiger partial charge in [-0.3, -0.25) is 4.79 Å². The Labute approximate surface area is 155 Å². The van der Waals surface area contributed by atoms with Crippen molar-refractivity contribution in [1.29, 1.82) is 5.26 Å². The Morgan fingerprint density at radius 1 is 1.07 bits per heavy atom. The fourth-order valence-electron chi connectivity index (χ4n) is 3.08. The van der Waals surface area contributed by atoms with Gasteiger partial charge in [-0.25, -0.2) is 0 Å². The molecule has 6 heteroatoms. The van der Waals surface area contributed by atoms with Crippen molar-refractivity contribution in [2.45, 2.75) is 19.8 Å². The molecule has 0 radical (unpaired) electrons. The van der Waals surface area contributed by atoms with Crippen LogP contribution in [0.25, 0.3) is 22.0 Å². The molecule has 0 saturated heterocycles. The zero-order chi connectivity index (χ0) is 18.8. The number of hydrogen-bond acceptors (Lipinski definition) is 5. The number of nitrogens with zero attached hydrogens (tertiary/aromatic N) is 3. The first-order valence-electron chi connectivity index (χ1n) is 8.58. The van der Waals surface area contributed by atoms with E-state index in [4.69, 9.17) is 4.42 Å². The smallest absolute Gasteiger partial charge is 0.256 e. The summed E-state index contributed by atoms with van der Waals surface area (Å²) < 4.78 is 5.39. The van der Waals surface area contributed by atoms with Crippen LogP contribution in [0.3, 0.4) is 0 Å². The summed E-state index contributed by atoms with van der Waals surface area (Å²) in [5.41, 5.74) is 3.01. The van der Waals surface area contributed by atoms with Gasteiger partial charge in [-0.15, -0.1) is 10.2 Å². The highest BCUT2D eigenvalue weighted by Crippen LogP contribution is 2.23. The van der Waals surface area contributed by atoms with Crippen molar-refractivity contribution in [2.24, 2.45) is 0 Å². The van der Waals surface area contributed by atoms with E-state index in [2.05, 4.69) is 21.3 Å². The zero-order valence-electron chi connectivity index (χ0n) is 14.7. The molecule has 0 amide bonds. The molecule has 6 nitrogen and oxygen atoms in total. The Bertz CT molecular complexity index is 1210. The van der Waals surface area contributed by atoms with Crippen molar-refractivity contribution in [1.82, 2.24) is 15.2 Å². The molecule has 0 aliphatic carbocycles. The summed E-state index contributed by atoms with van der Waals surface area (Å²) >= 11 is 0. The third kappa shape index (κ3) is 3.35.